The van der Waals surface area contributed by atoms with Gasteiger partial charge in [0.05, 0.1) is 5.56 Å². The van der Waals surface area contributed by atoms with E-state index in [1.165, 1.54) is 21.9 Å². The standard InChI is InChI=1S/C21H18BrNO2/c1-12(25-21(24)15-8-10-18(22)19(23)11-15)16-9-7-14-6-5-13-3-2-4-17(16)20(13)14/h2-4,7-12H,5-6,23H2,1H3/t12-/m1/s1. The molecular formula is C21H18BrNO2. The van der Waals surface area contributed by atoms with Crippen molar-refractivity contribution in [1.29, 1.82) is 0 Å². The van der Waals surface area contributed by atoms with Crippen LogP contribution in [0.15, 0.2) is 53.0 Å². The molecule has 1 aliphatic rings. The molecule has 0 saturated carbocycles. The predicted molar refractivity (Wildman–Crippen MR) is 104 cm³/mol. The first-order valence-corrected chi connectivity index (χ1v) is 9.13. The molecule has 4 rings (SSSR count). The van der Waals surface area contributed by atoms with Crippen molar-refractivity contribution < 1.29 is 9.53 Å². The zero-order valence-corrected chi connectivity index (χ0v) is 15.5. The minimum absolute atomic E-state index is 0.331. The highest BCUT2D eigenvalue weighted by Crippen LogP contribution is 2.36. The second kappa shape index (κ2) is 6.19. The predicted octanol–water partition coefficient (Wildman–Crippen LogP) is 5.20. The van der Waals surface area contributed by atoms with E-state index in [2.05, 4.69) is 46.3 Å². The molecular weight excluding hydrogens is 378 g/mol. The van der Waals surface area contributed by atoms with Gasteiger partial charge in [-0.15, -0.1) is 0 Å². The van der Waals surface area contributed by atoms with Crippen LogP contribution in [-0.2, 0) is 17.6 Å². The number of nitrogens with two attached hydrogens (primary N) is 1. The first kappa shape index (κ1) is 16.2. The molecule has 0 fully saturated rings. The Kier molecular flexibility index (Phi) is 4.00. The molecule has 0 heterocycles. The van der Waals surface area contributed by atoms with E-state index in [0.717, 1.165) is 22.9 Å². The van der Waals surface area contributed by atoms with E-state index < -0.39 is 0 Å². The minimum Gasteiger partial charge on any atom is -0.454 e. The smallest absolute Gasteiger partial charge is 0.338 e. The van der Waals surface area contributed by atoms with Gasteiger partial charge in [-0.2, -0.15) is 0 Å². The molecule has 4 heteroatoms. The molecule has 0 aliphatic heterocycles. The number of benzene rings is 3. The quantitative estimate of drug-likeness (QED) is 0.489. The summed E-state index contributed by atoms with van der Waals surface area (Å²) in [5.74, 6) is -0.366. The lowest BCUT2D eigenvalue weighted by Gasteiger charge is -2.17. The van der Waals surface area contributed by atoms with E-state index in [-0.39, 0.29) is 12.1 Å². The lowest BCUT2D eigenvalue weighted by Crippen LogP contribution is -2.10. The van der Waals surface area contributed by atoms with Crippen molar-refractivity contribution in [3.63, 3.8) is 0 Å². The number of hydrogen-bond donors (Lipinski definition) is 1. The van der Waals surface area contributed by atoms with Crippen LogP contribution in [0.4, 0.5) is 5.69 Å². The summed E-state index contributed by atoms with van der Waals surface area (Å²) in [6.45, 7) is 1.92. The normalized spacial score (nSPS) is 13.8. The van der Waals surface area contributed by atoms with Gasteiger partial charge in [0.2, 0.25) is 0 Å². The number of halogens is 1. The second-order valence-electron chi connectivity index (χ2n) is 6.44. The Balaban J connectivity index is 1.66. The molecule has 1 aliphatic carbocycles. The van der Waals surface area contributed by atoms with E-state index in [1.54, 1.807) is 18.2 Å². The summed E-state index contributed by atoms with van der Waals surface area (Å²) in [4.78, 5) is 12.5. The van der Waals surface area contributed by atoms with Gasteiger partial charge in [0.1, 0.15) is 6.10 Å². The fraction of sp³-hybridized carbons (Fsp3) is 0.190. The number of esters is 1. The highest BCUT2D eigenvalue weighted by atomic mass is 79.9. The van der Waals surface area contributed by atoms with Crippen molar-refractivity contribution in [3.8, 4) is 0 Å². The molecule has 0 saturated heterocycles. The fourth-order valence-corrected chi connectivity index (χ4v) is 3.83. The second-order valence-corrected chi connectivity index (χ2v) is 7.29. The Labute approximate surface area is 154 Å². The maximum Gasteiger partial charge on any atom is 0.338 e. The number of carbonyl (C=O) groups is 1. The molecule has 3 aromatic carbocycles. The zero-order chi connectivity index (χ0) is 17.6. The summed E-state index contributed by atoms with van der Waals surface area (Å²) in [7, 11) is 0. The molecule has 0 amide bonds. The van der Waals surface area contributed by atoms with Gasteiger partial charge in [-0.05, 0) is 75.8 Å². The Bertz CT molecular complexity index is 986. The first-order chi connectivity index (χ1) is 12.0. The number of rotatable bonds is 3. The third-order valence-corrected chi connectivity index (χ3v) is 5.59. The van der Waals surface area contributed by atoms with Crippen LogP contribution >= 0.6 is 15.9 Å². The molecule has 0 radical (unpaired) electrons. The summed E-state index contributed by atoms with van der Waals surface area (Å²) in [5, 5.41) is 2.51. The van der Waals surface area contributed by atoms with E-state index >= 15 is 0 Å². The van der Waals surface area contributed by atoms with Gasteiger partial charge in [0.25, 0.3) is 0 Å². The van der Waals surface area contributed by atoms with Gasteiger partial charge in [-0.25, -0.2) is 4.79 Å². The van der Waals surface area contributed by atoms with Crippen LogP contribution in [-0.4, -0.2) is 5.97 Å². The average Bonchev–Trinajstić information content (AvgIpc) is 3.02. The highest BCUT2D eigenvalue weighted by Gasteiger charge is 2.20. The Hall–Kier alpha value is -2.33. The summed E-state index contributed by atoms with van der Waals surface area (Å²) in [6.07, 6.45) is 1.84. The van der Waals surface area contributed by atoms with Crippen LogP contribution in [0.3, 0.4) is 0 Å². The van der Waals surface area contributed by atoms with Crippen molar-refractivity contribution in [3.05, 3.63) is 75.3 Å². The lowest BCUT2D eigenvalue weighted by atomic mass is 9.97. The number of anilines is 1. The van der Waals surface area contributed by atoms with Crippen LogP contribution < -0.4 is 5.73 Å². The number of nitrogen functional groups attached to an aromatic ring is 1. The minimum atomic E-state index is -0.366. The van der Waals surface area contributed by atoms with E-state index in [0.29, 0.717) is 11.3 Å². The summed E-state index contributed by atoms with van der Waals surface area (Å²) in [6, 6.07) is 15.7. The van der Waals surface area contributed by atoms with Gasteiger partial charge >= 0.3 is 5.97 Å². The molecule has 3 aromatic rings. The third kappa shape index (κ3) is 2.81. The number of ether oxygens (including phenoxy) is 1. The van der Waals surface area contributed by atoms with Crippen molar-refractivity contribution in [1.82, 2.24) is 0 Å². The van der Waals surface area contributed by atoms with Crippen LogP contribution in [0, 0.1) is 0 Å². The van der Waals surface area contributed by atoms with Gasteiger partial charge in [0.15, 0.2) is 0 Å². The summed E-state index contributed by atoms with van der Waals surface area (Å²) < 4.78 is 6.48. The monoisotopic (exact) mass is 395 g/mol. The average molecular weight is 396 g/mol. The highest BCUT2D eigenvalue weighted by molar-refractivity contribution is 9.10. The summed E-state index contributed by atoms with van der Waals surface area (Å²) in [5.41, 5.74) is 10.6. The molecule has 3 nitrogen and oxygen atoms in total. The Morgan fingerprint density at radius 2 is 1.88 bits per heavy atom. The molecule has 126 valence electrons. The maximum absolute atomic E-state index is 12.5. The molecule has 1 atom stereocenters. The van der Waals surface area contributed by atoms with Crippen molar-refractivity contribution >= 4 is 38.4 Å². The fourth-order valence-electron chi connectivity index (χ4n) is 3.59. The van der Waals surface area contributed by atoms with Crippen LogP contribution in [0.1, 0.15) is 40.1 Å². The van der Waals surface area contributed by atoms with Gasteiger partial charge in [-0.3, -0.25) is 0 Å². The SMILES string of the molecule is C[C@@H](OC(=O)c1ccc(Br)c(N)c1)c1ccc2c3c(cccc13)CC2. The van der Waals surface area contributed by atoms with Gasteiger partial charge in [-0.1, -0.05) is 30.3 Å². The van der Waals surface area contributed by atoms with Crippen LogP contribution in [0.2, 0.25) is 0 Å². The zero-order valence-electron chi connectivity index (χ0n) is 13.9. The van der Waals surface area contributed by atoms with Crippen molar-refractivity contribution in [2.24, 2.45) is 0 Å². The Morgan fingerprint density at radius 3 is 2.64 bits per heavy atom. The maximum atomic E-state index is 12.5. The molecule has 2 N–H and O–H groups in total. The molecule has 25 heavy (non-hydrogen) atoms. The number of carbonyl (C=O) groups excluding carboxylic acids is 1. The molecule has 0 aromatic heterocycles. The van der Waals surface area contributed by atoms with Crippen LogP contribution in [0.25, 0.3) is 10.8 Å². The van der Waals surface area contributed by atoms with Gasteiger partial charge < -0.3 is 10.5 Å². The van der Waals surface area contributed by atoms with Crippen LogP contribution in [0.5, 0.6) is 0 Å². The van der Waals surface area contributed by atoms with Crippen molar-refractivity contribution in [2.45, 2.75) is 25.9 Å². The first-order valence-electron chi connectivity index (χ1n) is 8.34. The third-order valence-electron chi connectivity index (χ3n) is 4.86. The van der Waals surface area contributed by atoms with Gasteiger partial charge in [0, 0.05) is 15.7 Å². The lowest BCUT2D eigenvalue weighted by molar-refractivity contribution is 0.0341. The molecule has 0 bridgehead atoms. The molecule has 0 unspecified atom stereocenters. The van der Waals surface area contributed by atoms with E-state index in [1.807, 2.05) is 6.92 Å². The summed E-state index contributed by atoms with van der Waals surface area (Å²) >= 11 is 3.34. The number of hydrogen-bond acceptors (Lipinski definition) is 3. The van der Waals surface area contributed by atoms with Crippen molar-refractivity contribution in [2.75, 3.05) is 5.73 Å². The van der Waals surface area contributed by atoms with E-state index in [4.69, 9.17) is 10.5 Å². The topological polar surface area (TPSA) is 52.3 Å². The van der Waals surface area contributed by atoms with E-state index in [9.17, 15) is 4.79 Å². The number of aryl methyl sites for hydroxylation is 2. The largest absolute Gasteiger partial charge is 0.454 e. The molecule has 0 spiro atoms. The Morgan fingerprint density at radius 1 is 1.12 bits per heavy atom.